The summed E-state index contributed by atoms with van der Waals surface area (Å²) in [6.45, 7) is 3.81. The molecule has 0 atom stereocenters. The predicted octanol–water partition coefficient (Wildman–Crippen LogP) is 2.43. The van der Waals surface area contributed by atoms with E-state index in [-0.39, 0.29) is 11.5 Å². The van der Waals surface area contributed by atoms with E-state index >= 15 is 0 Å². The van der Waals surface area contributed by atoms with Crippen LogP contribution in [0, 0.1) is 0 Å². The van der Waals surface area contributed by atoms with Crippen LogP contribution in [-0.2, 0) is 17.8 Å². The lowest BCUT2D eigenvalue weighted by Gasteiger charge is -2.22. The number of carbonyl (C=O) groups excluding carboxylic acids is 1. The number of aromatic nitrogens is 2. The molecule has 1 fully saturated rings. The van der Waals surface area contributed by atoms with Crippen molar-refractivity contribution in [1.82, 2.24) is 19.2 Å². The van der Waals surface area contributed by atoms with Crippen LogP contribution in [0.2, 0.25) is 0 Å². The van der Waals surface area contributed by atoms with Crippen LogP contribution in [0.3, 0.4) is 0 Å². The van der Waals surface area contributed by atoms with E-state index in [0.717, 1.165) is 54.4 Å². The number of rotatable bonds is 6. The molecule has 0 spiro atoms. The highest BCUT2D eigenvalue weighted by Gasteiger charge is 2.19. The van der Waals surface area contributed by atoms with Crippen LogP contribution in [0.4, 0.5) is 0 Å². The first kappa shape index (κ1) is 20.6. The third-order valence-electron chi connectivity index (χ3n) is 5.47. The zero-order valence-corrected chi connectivity index (χ0v) is 17.9. The average molecular weight is 427 g/mol. The van der Waals surface area contributed by atoms with Crippen molar-refractivity contribution < 1.29 is 9.53 Å². The highest BCUT2D eigenvalue weighted by molar-refractivity contribution is 7.15. The topological polar surface area (TPSA) is 67.2 Å². The minimum absolute atomic E-state index is 0.0404. The molecule has 0 radical (unpaired) electrons. The zero-order chi connectivity index (χ0) is 20.9. The molecule has 3 aromatic rings. The summed E-state index contributed by atoms with van der Waals surface area (Å²) in [6, 6.07) is 9.49. The smallest absolute Gasteiger partial charge is 0.258 e. The normalized spacial score (nSPS) is 15.3. The van der Waals surface area contributed by atoms with Crippen molar-refractivity contribution in [3.8, 4) is 5.75 Å². The molecular weight excluding hydrogens is 400 g/mol. The number of nitrogens with zero attached hydrogens (tertiary/aromatic N) is 4. The predicted molar refractivity (Wildman–Crippen MR) is 117 cm³/mol. The van der Waals surface area contributed by atoms with Crippen LogP contribution in [0.1, 0.15) is 24.1 Å². The highest BCUT2D eigenvalue weighted by atomic mass is 32.1. The van der Waals surface area contributed by atoms with E-state index in [2.05, 4.69) is 9.88 Å². The molecule has 30 heavy (non-hydrogen) atoms. The van der Waals surface area contributed by atoms with Gasteiger partial charge in [0.25, 0.3) is 5.56 Å². The van der Waals surface area contributed by atoms with Gasteiger partial charge in [-0.2, -0.15) is 0 Å². The molecule has 1 aliphatic rings. The number of amides is 1. The van der Waals surface area contributed by atoms with E-state index in [1.54, 1.807) is 23.8 Å². The molecule has 0 aliphatic carbocycles. The van der Waals surface area contributed by atoms with Gasteiger partial charge in [-0.15, -0.1) is 11.3 Å². The maximum atomic E-state index is 12.7. The number of aryl methyl sites for hydroxylation is 1. The summed E-state index contributed by atoms with van der Waals surface area (Å²) >= 11 is 1.47. The molecule has 0 bridgehead atoms. The molecule has 1 aromatic carbocycles. The van der Waals surface area contributed by atoms with Gasteiger partial charge in [0, 0.05) is 56.8 Å². The average Bonchev–Trinajstić information content (AvgIpc) is 3.11. The highest BCUT2D eigenvalue weighted by Crippen LogP contribution is 2.14. The Hall–Kier alpha value is -2.71. The third-order valence-corrected chi connectivity index (χ3v) is 6.23. The van der Waals surface area contributed by atoms with E-state index in [1.165, 1.54) is 11.3 Å². The fourth-order valence-corrected chi connectivity index (χ4v) is 4.52. The van der Waals surface area contributed by atoms with Gasteiger partial charge < -0.3 is 9.64 Å². The van der Waals surface area contributed by atoms with Gasteiger partial charge >= 0.3 is 0 Å². The molecule has 2 aromatic heterocycles. The third kappa shape index (κ3) is 4.88. The molecule has 1 aliphatic heterocycles. The maximum absolute atomic E-state index is 12.7. The van der Waals surface area contributed by atoms with Crippen molar-refractivity contribution in [1.29, 1.82) is 0 Å². The first-order valence-corrected chi connectivity index (χ1v) is 11.1. The van der Waals surface area contributed by atoms with Gasteiger partial charge in [0.15, 0.2) is 4.96 Å². The van der Waals surface area contributed by atoms with Crippen LogP contribution >= 0.6 is 11.3 Å². The monoisotopic (exact) mass is 426 g/mol. The summed E-state index contributed by atoms with van der Waals surface area (Å²) in [5.74, 6) is 1.03. The van der Waals surface area contributed by atoms with Crippen molar-refractivity contribution in [3.63, 3.8) is 0 Å². The first-order chi connectivity index (χ1) is 14.6. The molecule has 7 nitrogen and oxygen atoms in total. The Labute approximate surface area is 179 Å². The fraction of sp³-hybridized carbons (Fsp3) is 0.409. The van der Waals surface area contributed by atoms with Crippen molar-refractivity contribution >= 4 is 22.2 Å². The SMILES string of the molecule is COc1ccc(CCC(=O)N2CCCN(Cc3cc(=O)n4ccsc4n3)CC2)cc1. The Morgan fingerprint density at radius 3 is 2.80 bits per heavy atom. The van der Waals surface area contributed by atoms with Gasteiger partial charge in [-0.05, 0) is 30.5 Å². The van der Waals surface area contributed by atoms with Crippen LogP contribution in [0.5, 0.6) is 5.75 Å². The van der Waals surface area contributed by atoms with Crippen molar-refractivity contribution in [2.24, 2.45) is 0 Å². The lowest BCUT2D eigenvalue weighted by molar-refractivity contribution is -0.131. The summed E-state index contributed by atoms with van der Waals surface area (Å²) in [5, 5.41) is 1.87. The summed E-state index contributed by atoms with van der Waals surface area (Å²) in [4.78, 5) is 34.5. The zero-order valence-electron chi connectivity index (χ0n) is 17.1. The molecule has 158 valence electrons. The number of thiazole rings is 1. The summed E-state index contributed by atoms with van der Waals surface area (Å²) in [6.07, 6.45) is 3.92. The molecule has 0 saturated carbocycles. The molecular formula is C22H26N4O3S. The second-order valence-electron chi connectivity index (χ2n) is 7.50. The number of hydrogen-bond acceptors (Lipinski definition) is 6. The number of carbonyl (C=O) groups is 1. The van der Waals surface area contributed by atoms with E-state index in [9.17, 15) is 9.59 Å². The van der Waals surface area contributed by atoms with Gasteiger partial charge in [-0.1, -0.05) is 12.1 Å². The maximum Gasteiger partial charge on any atom is 0.258 e. The lowest BCUT2D eigenvalue weighted by Crippen LogP contribution is -2.35. The quantitative estimate of drug-likeness (QED) is 0.606. The largest absolute Gasteiger partial charge is 0.497 e. The minimum atomic E-state index is -0.0404. The number of ether oxygens (including phenoxy) is 1. The molecule has 3 heterocycles. The van der Waals surface area contributed by atoms with Crippen LogP contribution < -0.4 is 10.3 Å². The van der Waals surface area contributed by atoms with Crippen LogP contribution in [-0.4, -0.2) is 58.4 Å². The molecule has 0 unspecified atom stereocenters. The molecule has 8 heteroatoms. The Bertz CT molecular complexity index is 1060. The second kappa shape index (κ2) is 9.40. The van der Waals surface area contributed by atoms with E-state index in [4.69, 9.17) is 4.74 Å². The second-order valence-corrected chi connectivity index (χ2v) is 8.37. The Kier molecular flexibility index (Phi) is 6.44. The number of fused-ring (bicyclic) bond motifs is 1. The molecule has 1 amide bonds. The molecule has 4 rings (SSSR count). The minimum Gasteiger partial charge on any atom is -0.497 e. The van der Waals surface area contributed by atoms with Crippen molar-refractivity contribution in [2.45, 2.75) is 25.8 Å². The molecule has 1 saturated heterocycles. The first-order valence-electron chi connectivity index (χ1n) is 10.2. The Balaban J connectivity index is 1.30. The van der Waals surface area contributed by atoms with Gasteiger partial charge in [0.1, 0.15) is 5.75 Å². The van der Waals surface area contributed by atoms with Crippen LogP contribution in [0.15, 0.2) is 46.7 Å². The Morgan fingerprint density at radius 1 is 1.17 bits per heavy atom. The van der Waals surface area contributed by atoms with Gasteiger partial charge in [-0.25, -0.2) is 4.98 Å². The van der Waals surface area contributed by atoms with E-state index in [1.807, 2.05) is 34.5 Å². The lowest BCUT2D eigenvalue weighted by atomic mass is 10.1. The fourth-order valence-electron chi connectivity index (χ4n) is 3.78. The number of methoxy groups -OCH3 is 1. The summed E-state index contributed by atoms with van der Waals surface area (Å²) in [5.41, 5.74) is 1.89. The standard InChI is InChI=1S/C22H26N4O3S/c1-29-19-6-3-17(4-7-19)5-8-20(27)25-10-2-9-24(11-12-25)16-18-15-21(28)26-13-14-30-22(26)23-18/h3-4,6-7,13-15H,2,5,8-12,16H2,1H3. The number of benzene rings is 1. The van der Waals surface area contributed by atoms with E-state index in [0.29, 0.717) is 19.5 Å². The molecule has 0 N–H and O–H groups in total. The van der Waals surface area contributed by atoms with Gasteiger partial charge in [-0.3, -0.25) is 18.9 Å². The van der Waals surface area contributed by atoms with Crippen molar-refractivity contribution in [3.05, 3.63) is 63.5 Å². The van der Waals surface area contributed by atoms with Crippen LogP contribution in [0.25, 0.3) is 4.96 Å². The Morgan fingerprint density at radius 2 is 2.00 bits per heavy atom. The van der Waals surface area contributed by atoms with Gasteiger partial charge in [0.2, 0.25) is 5.91 Å². The van der Waals surface area contributed by atoms with Gasteiger partial charge in [0.05, 0.1) is 12.8 Å². The summed E-state index contributed by atoms with van der Waals surface area (Å²) in [7, 11) is 1.65. The van der Waals surface area contributed by atoms with E-state index < -0.39 is 0 Å². The summed E-state index contributed by atoms with van der Waals surface area (Å²) < 4.78 is 6.75. The number of hydrogen-bond donors (Lipinski definition) is 0. The van der Waals surface area contributed by atoms with Crippen molar-refractivity contribution in [2.75, 3.05) is 33.3 Å².